The van der Waals surface area contributed by atoms with Crippen LogP contribution in [0.1, 0.15) is 20.3 Å². The predicted molar refractivity (Wildman–Crippen MR) is 51.8 cm³/mol. The minimum atomic E-state index is -0.966. The Labute approximate surface area is 82.9 Å². The lowest BCUT2D eigenvalue weighted by molar-refractivity contribution is -0.141. The van der Waals surface area contributed by atoms with E-state index >= 15 is 0 Å². The Morgan fingerprint density at radius 3 is 2.57 bits per heavy atom. The summed E-state index contributed by atoms with van der Waals surface area (Å²) in [5.41, 5.74) is 0.242. The van der Waals surface area contributed by atoms with Crippen LogP contribution in [0, 0.1) is 0 Å². The molecule has 1 unspecified atom stereocenters. The quantitative estimate of drug-likeness (QED) is 0.537. The average molecular weight is 198 g/mol. The molecule has 0 spiro atoms. The van der Waals surface area contributed by atoms with Crippen LogP contribution in [0.3, 0.4) is 0 Å². The fourth-order valence-corrected chi connectivity index (χ4v) is 0.725. The number of carboxylic acids is 1. The third-order valence-electron chi connectivity index (χ3n) is 1.58. The maximum absolute atomic E-state index is 10.7. The van der Waals surface area contributed by atoms with Crippen molar-refractivity contribution in [3.05, 3.63) is 24.3 Å². The Bertz CT molecular complexity index is 265. The molecule has 0 aliphatic rings. The molecule has 4 heteroatoms. The molecule has 1 atom stereocenters. The molecule has 0 rings (SSSR count). The van der Waals surface area contributed by atoms with E-state index < -0.39 is 11.9 Å². The fourth-order valence-electron chi connectivity index (χ4n) is 0.725. The van der Waals surface area contributed by atoms with E-state index in [0.29, 0.717) is 6.42 Å². The van der Waals surface area contributed by atoms with Crippen molar-refractivity contribution in [3.63, 3.8) is 0 Å². The number of hydrogen-bond acceptors (Lipinski definition) is 3. The van der Waals surface area contributed by atoms with Gasteiger partial charge in [0.1, 0.15) is 6.10 Å². The second kappa shape index (κ2) is 5.96. The summed E-state index contributed by atoms with van der Waals surface area (Å²) in [6.45, 7) is 6.43. The van der Waals surface area contributed by atoms with Gasteiger partial charge in [0.15, 0.2) is 0 Å². The fraction of sp³-hybridized carbons (Fsp3) is 0.400. The third kappa shape index (κ3) is 5.13. The smallest absolute Gasteiger partial charge is 0.330 e. The lowest BCUT2D eigenvalue weighted by Gasteiger charge is -2.08. The van der Waals surface area contributed by atoms with Gasteiger partial charge in [-0.15, -0.1) is 0 Å². The number of aliphatic carboxylic acids is 1. The molecule has 0 bridgehead atoms. The lowest BCUT2D eigenvalue weighted by atomic mass is 10.2. The summed E-state index contributed by atoms with van der Waals surface area (Å²) in [7, 11) is 0. The molecule has 0 aliphatic carbocycles. The molecule has 0 radical (unpaired) electrons. The van der Waals surface area contributed by atoms with E-state index in [4.69, 9.17) is 9.84 Å². The van der Waals surface area contributed by atoms with Gasteiger partial charge in [0, 0.05) is 18.1 Å². The number of carboxylic acid groups (broad SMARTS) is 1. The Kier molecular flexibility index (Phi) is 5.29. The average Bonchev–Trinajstić information content (AvgIpc) is 2.13. The van der Waals surface area contributed by atoms with Crippen LogP contribution < -0.4 is 0 Å². The third-order valence-corrected chi connectivity index (χ3v) is 1.58. The van der Waals surface area contributed by atoms with Crippen LogP contribution in [-0.2, 0) is 14.3 Å². The molecule has 0 amide bonds. The van der Waals surface area contributed by atoms with Gasteiger partial charge in [-0.3, -0.25) is 0 Å². The van der Waals surface area contributed by atoms with Crippen molar-refractivity contribution in [1.29, 1.82) is 0 Å². The van der Waals surface area contributed by atoms with Crippen molar-refractivity contribution < 1.29 is 19.4 Å². The SMILES string of the molecule is C=CC(=O)OC(C)CC=C(C)C(=O)O. The zero-order chi connectivity index (χ0) is 11.1. The van der Waals surface area contributed by atoms with E-state index in [0.717, 1.165) is 6.08 Å². The van der Waals surface area contributed by atoms with Crippen molar-refractivity contribution in [2.75, 3.05) is 0 Å². The second-order valence-corrected chi connectivity index (χ2v) is 2.88. The van der Waals surface area contributed by atoms with Crippen LogP contribution in [0.2, 0.25) is 0 Å². The number of esters is 1. The number of carbonyl (C=O) groups excluding carboxylic acids is 1. The van der Waals surface area contributed by atoms with Gasteiger partial charge in [-0.05, 0) is 13.8 Å². The lowest BCUT2D eigenvalue weighted by Crippen LogP contribution is -2.12. The summed E-state index contributed by atoms with van der Waals surface area (Å²) < 4.78 is 4.84. The molecular formula is C10H14O4. The molecular weight excluding hydrogens is 184 g/mol. The summed E-state index contributed by atoms with van der Waals surface area (Å²) in [5.74, 6) is -1.47. The Balaban J connectivity index is 4.01. The number of ether oxygens (including phenoxy) is 1. The van der Waals surface area contributed by atoms with Crippen molar-refractivity contribution in [1.82, 2.24) is 0 Å². The number of hydrogen-bond donors (Lipinski definition) is 1. The van der Waals surface area contributed by atoms with Crippen LogP contribution in [0.5, 0.6) is 0 Å². The van der Waals surface area contributed by atoms with Gasteiger partial charge in [-0.2, -0.15) is 0 Å². The van der Waals surface area contributed by atoms with Crippen molar-refractivity contribution in [2.24, 2.45) is 0 Å². The van der Waals surface area contributed by atoms with E-state index in [2.05, 4.69) is 6.58 Å². The maximum atomic E-state index is 10.7. The van der Waals surface area contributed by atoms with Crippen LogP contribution in [0.15, 0.2) is 24.3 Å². The molecule has 1 N–H and O–H groups in total. The van der Waals surface area contributed by atoms with E-state index in [1.165, 1.54) is 13.0 Å². The van der Waals surface area contributed by atoms with Crippen LogP contribution >= 0.6 is 0 Å². The van der Waals surface area contributed by atoms with Crippen LogP contribution in [0.25, 0.3) is 0 Å². The molecule has 0 aromatic rings. The molecule has 0 fully saturated rings. The second-order valence-electron chi connectivity index (χ2n) is 2.88. The molecule has 0 aromatic heterocycles. The molecule has 14 heavy (non-hydrogen) atoms. The Morgan fingerprint density at radius 2 is 2.14 bits per heavy atom. The highest BCUT2D eigenvalue weighted by molar-refractivity contribution is 5.85. The van der Waals surface area contributed by atoms with Gasteiger partial charge in [0.05, 0.1) is 0 Å². The minimum Gasteiger partial charge on any atom is -0.478 e. The summed E-state index contributed by atoms with van der Waals surface area (Å²) in [6.07, 6.45) is 2.64. The van der Waals surface area contributed by atoms with Gasteiger partial charge in [0.25, 0.3) is 0 Å². The van der Waals surface area contributed by atoms with Gasteiger partial charge >= 0.3 is 11.9 Å². The molecule has 0 saturated heterocycles. The summed E-state index contributed by atoms with van der Waals surface area (Å²) >= 11 is 0. The molecule has 0 aromatic carbocycles. The highest BCUT2D eigenvalue weighted by atomic mass is 16.5. The minimum absolute atomic E-state index is 0.242. The van der Waals surface area contributed by atoms with Crippen molar-refractivity contribution in [2.45, 2.75) is 26.4 Å². The molecule has 0 aliphatic heterocycles. The summed E-state index contributed by atoms with van der Waals surface area (Å²) in [5, 5.41) is 8.53. The van der Waals surface area contributed by atoms with Crippen LogP contribution in [0.4, 0.5) is 0 Å². The molecule has 0 heterocycles. The van der Waals surface area contributed by atoms with Crippen molar-refractivity contribution in [3.8, 4) is 0 Å². The van der Waals surface area contributed by atoms with Crippen molar-refractivity contribution >= 4 is 11.9 Å². The predicted octanol–water partition coefficient (Wildman–Crippen LogP) is 1.53. The summed E-state index contributed by atoms with van der Waals surface area (Å²) in [6, 6.07) is 0. The first-order valence-corrected chi connectivity index (χ1v) is 4.20. The van der Waals surface area contributed by atoms with E-state index in [-0.39, 0.29) is 11.7 Å². The zero-order valence-electron chi connectivity index (χ0n) is 8.32. The number of carbonyl (C=O) groups is 2. The topological polar surface area (TPSA) is 63.6 Å². The molecule has 4 nitrogen and oxygen atoms in total. The van der Waals surface area contributed by atoms with E-state index in [1.807, 2.05) is 0 Å². The highest BCUT2D eigenvalue weighted by Gasteiger charge is 2.06. The molecule has 78 valence electrons. The molecule has 0 saturated carbocycles. The van der Waals surface area contributed by atoms with Gasteiger partial charge < -0.3 is 9.84 Å². The maximum Gasteiger partial charge on any atom is 0.330 e. The first-order chi connectivity index (χ1) is 6.47. The first-order valence-electron chi connectivity index (χ1n) is 4.20. The Morgan fingerprint density at radius 1 is 1.57 bits per heavy atom. The highest BCUT2D eigenvalue weighted by Crippen LogP contribution is 2.03. The van der Waals surface area contributed by atoms with Gasteiger partial charge in [-0.1, -0.05) is 12.7 Å². The van der Waals surface area contributed by atoms with Gasteiger partial charge in [0.2, 0.25) is 0 Å². The van der Waals surface area contributed by atoms with E-state index in [9.17, 15) is 9.59 Å². The largest absolute Gasteiger partial charge is 0.478 e. The monoisotopic (exact) mass is 198 g/mol. The zero-order valence-corrected chi connectivity index (χ0v) is 8.32. The first kappa shape index (κ1) is 12.4. The Hall–Kier alpha value is -1.58. The van der Waals surface area contributed by atoms with Gasteiger partial charge in [-0.25, -0.2) is 9.59 Å². The van der Waals surface area contributed by atoms with E-state index in [1.54, 1.807) is 6.92 Å². The normalized spacial score (nSPS) is 13.1. The van der Waals surface area contributed by atoms with Crippen LogP contribution in [-0.4, -0.2) is 23.1 Å². The number of rotatable bonds is 5. The standard InChI is InChI=1S/C10H14O4/c1-4-9(11)14-8(3)6-5-7(2)10(12)13/h4-5,8H,1,6H2,2-3H3,(H,12,13). The summed E-state index contributed by atoms with van der Waals surface area (Å²) in [4.78, 5) is 21.1.